The minimum Gasteiger partial charge on any atom is -0.309 e. The van der Waals surface area contributed by atoms with Gasteiger partial charge in [0, 0.05) is 16.5 Å². The summed E-state index contributed by atoms with van der Waals surface area (Å²) in [5, 5.41) is 2.44. The van der Waals surface area contributed by atoms with Gasteiger partial charge in [-0.05, 0) is 29.8 Å². The first-order valence-corrected chi connectivity index (χ1v) is 7.02. The number of alkyl halides is 1. The van der Waals surface area contributed by atoms with Crippen LogP contribution in [-0.2, 0) is 6.67 Å². The van der Waals surface area contributed by atoms with Crippen LogP contribution in [0.15, 0.2) is 72.8 Å². The molecule has 0 unspecified atom stereocenters. The van der Waals surface area contributed by atoms with Crippen LogP contribution >= 0.6 is 0 Å². The molecule has 1 nitrogen and oxygen atoms in total. The number of para-hydroxylation sites is 2. The molecule has 0 amide bonds. The third-order valence-electron chi connectivity index (χ3n) is 3.90. The predicted molar refractivity (Wildman–Crippen MR) is 85.6 cm³/mol. The van der Waals surface area contributed by atoms with Gasteiger partial charge in [-0.25, -0.2) is 4.39 Å². The van der Waals surface area contributed by atoms with Gasteiger partial charge in [0.05, 0.1) is 11.0 Å². The van der Waals surface area contributed by atoms with Crippen LogP contribution in [-0.4, -0.2) is 4.57 Å². The predicted octanol–water partition coefficient (Wildman–Crippen LogP) is 5.25. The Morgan fingerprint density at radius 3 is 1.95 bits per heavy atom. The van der Waals surface area contributed by atoms with Crippen molar-refractivity contribution in [2.45, 2.75) is 6.67 Å². The maximum absolute atomic E-state index is 13.0. The van der Waals surface area contributed by atoms with Crippen molar-refractivity contribution in [3.8, 4) is 5.69 Å². The first-order valence-electron chi connectivity index (χ1n) is 7.02. The lowest BCUT2D eigenvalue weighted by atomic mass is 10.2. The molecule has 102 valence electrons. The van der Waals surface area contributed by atoms with Crippen LogP contribution < -0.4 is 0 Å². The molecule has 0 saturated carbocycles. The minimum absolute atomic E-state index is 0.440. The normalized spacial score (nSPS) is 11.3. The molecule has 0 aliphatic rings. The zero-order valence-corrected chi connectivity index (χ0v) is 11.5. The van der Waals surface area contributed by atoms with Crippen molar-refractivity contribution in [1.29, 1.82) is 0 Å². The molecule has 0 aliphatic heterocycles. The molecule has 0 saturated heterocycles. The van der Waals surface area contributed by atoms with Gasteiger partial charge in [-0.2, -0.15) is 0 Å². The molecule has 2 heteroatoms. The second-order valence-electron chi connectivity index (χ2n) is 5.17. The maximum atomic E-state index is 13.0. The van der Waals surface area contributed by atoms with E-state index in [1.165, 1.54) is 10.8 Å². The van der Waals surface area contributed by atoms with Crippen molar-refractivity contribution in [3.63, 3.8) is 0 Å². The van der Waals surface area contributed by atoms with E-state index in [-0.39, 0.29) is 0 Å². The molecule has 0 N–H and O–H groups in total. The molecule has 0 bridgehead atoms. The summed E-state index contributed by atoms with van der Waals surface area (Å²) < 4.78 is 15.2. The fraction of sp³-hybridized carbons (Fsp3) is 0.0526. The minimum atomic E-state index is -0.440. The van der Waals surface area contributed by atoms with Crippen molar-refractivity contribution in [2.24, 2.45) is 0 Å². The summed E-state index contributed by atoms with van der Waals surface area (Å²) in [4.78, 5) is 0. The van der Waals surface area contributed by atoms with Gasteiger partial charge in [-0.15, -0.1) is 0 Å². The number of fused-ring (bicyclic) bond motifs is 3. The Hall–Kier alpha value is -2.61. The van der Waals surface area contributed by atoms with Gasteiger partial charge in [0.25, 0.3) is 0 Å². The molecule has 0 atom stereocenters. The van der Waals surface area contributed by atoms with Gasteiger partial charge in [0.15, 0.2) is 0 Å². The molecule has 21 heavy (non-hydrogen) atoms. The van der Waals surface area contributed by atoms with Crippen LogP contribution in [0.5, 0.6) is 0 Å². The Kier molecular flexibility index (Phi) is 2.74. The Morgan fingerprint density at radius 1 is 0.714 bits per heavy atom. The quantitative estimate of drug-likeness (QED) is 0.470. The smallest absolute Gasteiger partial charge is 0.115 e. The molecular weight excluding hydrogens is 261 g/mol. The van der Waals surface area contributed by atoms with Gasteiger partial charge in [-0.1, -0.05) is 48.5 Å². The summed E-state index contributed by atoms with van der Waals surface area (Å²) in [6, 6.07) is 24.3. The topological polar surface area (TPSA) is 4.93 Å². The largest absolute Gasteiger partial charge is 0.309 e. The van der Waals surface area contributed by atoms with E-state index >= 15 is 0 Å². The summed E-state index contributed by atoms with van der Waals surface area (Å²) in [6.45, 7) is -0.440. The SMILES string of the molecule is FCc1cccc(-n2c3ccccc3c3ccccc32)c1. The second kappa shape index (κ2) is 4.74. The van der Waals surface area contributed by atoms with Crippen molar-refractivity contribution in [2.75, 3.05) is 0 Å². The molecule has 1 heterocycles. The summed E-state index contributed by atoms with van der Waals surface area (Å²) in [5.74, 6) is 0. The lowest BCUT2D eigenvalue weighted by Crippen LogP contribution is -1.94. The van der Waals surface area contributed by atoms with Crippen molar-refractivity contribution < 1.29 is 4.39 Å². The number of rotatable bonds is 2. The van der Waals surface area contributed by atoms with Crippen LogP contribution in [0.4, 0.5) is 4.39 Å². The lowest BCUT2D eigenvalue weighted by Gasteiger charge is -2.08. The van der Waals surface area contributed by atoms with E-state index in [1.807, 2.05) is 36.4 Å². The van der Waals surface area contributed by atoms with Crippen LogP contribution in [0.2, 0.25) is 0 Å². The summed E-state index contributed by atoms with van der Waals surface area (Å²) in [5.41, 5.74) is 4.00. The number of benzene rings is 3. The Labute approximate surface area is 122 Å². The molecule has 4 aromatic rings. The fourth-order valence-electron chi connectivity index (χ4n) is 2.98. The van der Waals surface area contributed by atoms with Gasteiger partial charge in [0.2, 0.25) is 0 Å². The number of nitrogens with zero attached hydrogens (tertiary/aromatic N) is 1. The van der Waals surface area contributed by atoms with Gasteiger partial charge < -0.3 is 4.57 Å². The molecule has 0 spiro atoms. The Bertz CT molecular complexity index is 883. The third-order valence-corrected chi connectivity index (χ3v) is 3.90. The van der Waals surface area contributed by atoms with Crippen LogP contribution in [0, 0.1) is 0 Å². The molecule has 3 aromatic carbocycles. The van der Waals surface area contributed by atoms with Crippen LogP contribution in [0.25, 0.3) is 27.5 Å². The number of hydrogen-bond acceptors (Lipinski definition) is 0. The van der Waals surface area contributed by atoms with E-state index in [4.69, 9.17) is 0 Å². The van der Waals surface area contributed by atoms with E-state index in [9.17, 15) is 4.39 Å². The highest BCUT2D eigenvalue weighted by molar-refractivity contribution is 6.09. The number of halogens is 1. The van der Waals surface area contributed by atoms with Crippen molar-refractivity contribution in [3.05, 3.63) is 78.4 Å². The van der Waals surface area contributed by atoms with Crippen LogP contribution in [0.3, 0.4) is 0 Å². The fourth-order valence-corrected chi connectivity index (χ4v) is 2.98. The third kappa shape index (κ3) is 1.83. The van der Waals surface area contributed by atoms with Crippen molar-refractivity contribution in [1.82, 2.24) is 4.57 Å². The zero-order valence-electron chi connectivity index (χ0n) is 11.5. The van der Waals surface area contributed by atoms with Gasteiger partial charge in [0.1, 0.15) is 6.67 Å². The van der Waals surface area contributed by atoms with E-state index in [0.717, 1.165) is 16.7 Å². The van der Waals surface area contributed by atoms with E-state index in [2.05, 4.69) is 41.0 Å². The van der Waals surface area contributed by atoms with E-state index in [0.29, 0.717) is 5.56 Å². The van der Waals surface area contributed by atoms with Gasteiger partial charge in [-0.3, -0.25) is 0 Å². The molecule has 4 rings (SSSR count). The number of hydrogen-bond donors (Lipinski definition) is 0. The molecule has 0 radical (unpaired) electrons. The highest BCUT2D eigenvalue weighted by atomic mass is 19.1. The highest BCUT2D eigenvalue weighted by Gasteiger charge is 2.11. The standard InChI is InChI=1S/C19H14FN/c20-13-14-6-5-7-15(12-14)21-18-10-3-1-8-16(18)17-9-2-4-11-19(17)21/h1-12H,13H2. The summed E-state index contributed by atoms with van der Waals surface area (Å²) >= 11 is 0. The first-order chi connectivity index (χ1) is 10.4. The highest BCUT2D eigenvalue weighted by Crippen LogP contribution is 2.31. The second-order valence-corrected chi connectivity index (χ2v) is 5.17. The molecule has 0 aliphatic carbocycles. The summed E-state index contributed by atoms with van der Waals surface area (Å²) in [6.07, 6.45) is 0. The van der Waals surface area contributed by atoms with E-state index < -0.39 is 6.67 Å². The number of aromatic nitrogens is 1. The molecule has 1 aromatic heterocycles. The van der Waals surface area contributed by atoms with Crippen molar-refractivity contribution >= 4 is 21.8 Å². The molecule has 0 fully saturated rings. The molecular formula is C19H14FN. The van der Waals surface area contributed by atoms with Crippen LogP contribution in [0.1, 0.15) is 5.56 Å². The monoisotopic (exact) mass is 275 g/mol. The maximum Gasteiger partial charge on any atom is 0.115 e. The van der Waals surface area contributed by atoms with E-state index in [1.54, 1.807) is 0 Å². The van der Waals surface area contributed by atoms with Gasteiger partial charge >= 0.3 is 0 Å². The Morgan fingerprint density at radius 2 is 1.33 bits per heavy atom. The first kappa shape index (κ1) is 12.2. The lowest BCUT2D eigenvalue weighted by molar-refractivity contribution is 0.485. The zero-order chi connectivity index (χ0) is 14.2. The average molecular weight is 275 g/mol. The summed E-state index contributed by atoms with van der Waals surface area (Å²) in [7, 11) is 0. The Balaban J connectivity index is 2.14. The average Bonchev–Trinajstić information content (AvgIpc) is 2.89.